The summed E-state index contributed by atoms with van der Waals surface area (Å²) in [5, 5.41) is 0. The van der Waals surface area contributed by atoms with E-state index in [1.165, 1.54) is 0 Å². The third-order valence-electron chi connectivity index (χ3n) is 3.85. The second kappa shape index (κ2) is 1.86. The molecule has 0 N–H and O–H groups in total. The molecule has 4 atom stereocenters. The fourth-order valence-electron chi connectivity index (χ4n) is 3.06. The molecule has 68 valence electrons. The van der Waals surface area contributed by atoms with Crippen LogP contribution in [0.15, 0.2) is 12.2 Å². The summed E-state index contributed by atoms with van der Waals surface area (Å²) in [6, 6.07) is 0. The number of allylic oxidation sites excluding steroid dienone is 2. The topological polar surface area (TPSA) is 43.4 Å². The minimum atomic E-state index is -0.545. The van der Waals surface area contributed by atoms with E-state index in [1.807, 2.05) is 6.92 Å². The highest BCUT2D eigenvalue weighted by Gasteiger charge is 2.66. The third-order valence-corrected chi connectivity index (χ3v) is 3.85. The summed E-state index contributed by atoms with van der Waals surface area (Å²) in [5.41, 5.74) is -0.545. The molecule has 2 aliphatic carbocycles. The van der Waals surface area contributed by atoms with Gasteiger partial charge in [-0.2, -0.15) is 0 Å². The smallest absolute Gasteiger partial charge is 0.320 e. The normalized spacial score (nSPS) is 51.3. The van der Waals surface area contributed by atoms with Crippen molar-refractivity contribution in [2.75, 3.05) is 0 Å². The molecule has 3 rings (SSSR count). The van der Waals surface area contributed by atoms with Gasteiger partial charge in [-0.1, -0.05) is 12.2 Å². The third kappa shape index (κ3) is 0.598. The summed E-state index contributed by atoms with van der Waals surface area (Å²) in [5.74, 6) is -0.367. The van der Waals surface area contributed by atoms with Crippen molar-refractivity contribution in [1.82, 2.24) is 0 Å². The van der Waals surface area contributed by atoms with E-state index in [2.05, 4.69) is 12.2 Å². The van der Waals surface area contributed by atoms with Gasteiger partial charge in [0.1, 0.15) is 0 Å². The lowest BCUT2D eigenvalue weighted by Gasteiger charge is -2.25. The van der Waals surface area contributed by atoms with Crippen molar-refractivity contribution in [3.8, 4) is 0 Å². The van der Waals surface area contributed by atoms with E-state index >= 15 is 0 Å². The van der Waals surface area contributed by atoms with Crippen LogP contribution in [0.3, 0.4) is 0 Å². The van der Waals surface area contributed by atoms with Gasteiger partial charge in [-0.3, -0.25) is 9.59 Å². The zero-order valence-electron chi connectivity index (χ0n) is 7.32. The molecule has 3 heteroatoms. The van der Waals surface area contributed by atoms with Crippen LogP contribution in [0.2, 0.25) is 0 Å². The maximum absolute atomic E-state index is 11.5. The summed E-state index contributed by atoms with van der Waals surface area (Å²) in [6.07, 6.45) is 5.06. The molecule has 0 amide bonds. The van der Waals surface area contributed by atoms with Crippen molar-refractivity contribution in [2.45, 2.75) is 13.3 Å². The Bertz CT molecular complexity index is 344. The van der Waals surface area contributed by atoms with Crippen LogP contribution in [-0.2, 0) is 14.3 Å². The predicted molar refractivity (Wildman–Crippen MR) is 43.4 cm³/mol. The van der Waals surface area contributed by atoms with Gasteiger partial charge < -0.3 is 4.74 Å². The monoisotopic (exact) mass is 178 g/mol. The minimum Gasteiger partial charge on any atom is -0.392 e. The number of rotatable bonds is 0. The van der Waals surface area contributed by atoms with Gasteiger partial charge in [0.2, 0.25) is 0 Å². The number of ether oxygens (including phenoxy) is 1. The Labute approximate surface area is 75.8 Å². The molecular formula is C10H10O3. The predicted octanol–water partition coefficient (Wildman–Crippen LogP) is 0.898. The first-order valence-corrected chi connectivity index (χ1v) is 4.58. The first-order valence-electron chi connectivity index (χ1n) is 4.58. The molecule has 3 nitrogen and oxygen atoms in total. The van der Waals surface area contributed by atoms with Crippen molar-refractivity contribution in [2.24, 2.45) is 23.2 Å². The van der Waals surface area contributed by atoms with E-state index < -0.39 is 5.41 Å². The van der Waals surface area contributed by atoms with Crippen LogP contribution in [0.25, 0.3) is 0 Å². The molecule has 3 aliphatic rings. The molecule has 1 saturated heterocycles. The quantitative estimate of drug-likeness (QED) is 0.314. The fraction of sp³-hybridized carbons (Fsp3) is 0.600. The van der Waals surface area contributed by atoms with Crippen molar-refractivity contribution >= 4 is 11.9 Å². The van der Waals surface area contributed by atoms with E-state index in [0.717, 1.165) is 6.42 Å². The molecule has 0 spiro atoms. The largest absolute Gasteiger partial charge is 0.392 e. The van der Waals surface area contributed by atoms with Crippen molar-refractivity contribution in [1.29, 1.82) is 0 Å². The molecule has 1 aliphatic heterocycles. The number of carbonyl (C=O) groups excluding carboxylic acids is 2. The van der Waals surface area contributed by atoms with E-state index in [1.54, 1.807) is 0 Å². The van der Waals surface area contributed by atoms with Crippen molar-refractivity contribution < 1.29 is 14.3 Å². The Kier molecular flexibility index (Phi) is 1.05. The summed E-state index contributed by atoms with van der Waals surface area (Å²) in [6.45, 7) is 1.86. The number of hydrogen-bond donors (Lipinski definition) is 0. The SMILES string of the molecule is C[C@]12C(=O)OC(=O)[C@H]1[C@H]1C=C[C@H]2C1. The highest BCUT2D eigenvalue weighted by molar-refractivity contribution is 6.00. The lowest BCUT2D eigenvalue weighted by molar-refractivity contribution is -0.156. The zero-order valence-corrected chi connectivity index (χ0v) is 7.32. The van der Waals surface area contributed by atoms with Crippen LogP contribution in [0, 0.1) is 23.2 Å². The summed E-state index contributed by atoms with van der Waals surface area (Å²) >= 11 is 0. The van der Waals surface area contributed by atoms with Crippen LogP contribution < -0.4 is 0 Å². The molecule has 0 aromatic rings. The molecule has 0 unspecified atom stereocenters. The Hall–Kier alpha value is -1.12. The minimum absolute atomic E-state index is 0.199. The standard InChI is InChI=1S/C10H10O3/c1-10-6-3-2-5(4-6)7(10)8(11)13-9(10)12/h2-3,5-7H,4H2,1H3/t5-,6-,7+,10+/m0/s1. The van der Waals surface area contributed by atoms with Crippen LogP contribution in [0.4, 0.5) is 0 Å². The number of carbonyl (C=O) groups is 2. The molecule has 1 heterocycles. The van der Waals surface area contributed by atoms with Crippen LogP contribution in [0.5, 0.6) is 0 Å². The molecular weight excluding hydrogens is 168 g/mol. The molecule has 0 radical (unpaired) electrons. The number of hydrogen-bond acceptors (Lipinski definition) is 3. The average molecular weight is 178 g/mol. The Morgan fingerprint density at radius 3 is 2.92 bits per heavy atom. The van der Waals surface area contributed by atoms with Crippen molar-refractivity contribution in [3.05, 3.63) is 12.2 Å². The van der Waals surface area contributed by atoms with Crippen LogP contribution >= 0.6 is 0 Å². The van der Waals surface area contributed by atoms with Gasteiger partial charge in [0, 0.05) is 0 Å². The number of cyclic esters (lactones) is 2. The maximum atomic E-state index is 11.5. The van der Waals surface area contributed by atoms with E-state index in [9.17, 15) is 9.59 Å². The molecule has 0 aromatic heterocycles. The van der Waals surface area contributed by atoms with Gasteiger partial charge in [0.05, 0.1) is 11.3 Å². The highest BCUT2D eigenvalue weighted by Crippen LogP contribution is 2.59. The van der Waals surface area contributed by atoms with Gasteiger partial charge in [-0.25, -0.2) is 0 Å². The average Bonchev–Trinajstić information content (AvgIpc) is 2.66. The molecule has 2 bridgehead atoms. The molecule has 2 fully saturated rings. The van der Waals surface area contributed by atoms with E-state index in [-0.39, 0.29) is 29.7 Å². The molecule has 1 saturated carbocycles. The van der Waals surface area contributed by atoms with Gasteiger partial charge in [0.15, 0.2) is 0 Å². The fourth-order valence-corrected chi connectivity index (χ4v) is 3.06. The first kappa shape index (κ1) is 7.30. The van der Waals surface area contributed by atoms with Crippen molar-refractivity contribution in [3.63, 3.8) is 0 Å². The van der Waals surface area contributed by atoms with E-state index in [0.29, 0.717) is 0 Å². The Balaban J connectivity index is 2.17. The van der Waals surface area contributed by atoms with Gasteiger partial charge >= 0.3 is 11.9 Å². The molecule has 0 aromatic carbocycles. The van der Waals surface area contributed by atoms with E-state index in [4.69, 9.17) is 4.74 Å². The second-order valence-electron chi connectivity index (χ2n) is 4.36. The second-order valence-corrected chi connectivity index (χ2v) is 4.36. The summed E-state index contributed by atoms with van der Waals surface area (Å²) in [4.78, 5) is 22.9. The summed E-state index contributed by atoms with van der Waals surface area (Å²) in [7, 11) is 0. The summed E-state index contributed by atoms with van der Waals surface area (Å²) < 4.78 is 4.69. The first-order chi connectivity index (χ1) is 6.14. The van der Waals surface area contributed by atoms with Gasteiger partial charge in [-0.15, -0.1) is 0 Å². The Morgan fingerprint density at radius 1 is 1.46 bits per heavy atom. The van der Waals surface area contributed by atoms with Gasteiger partial charge in [0.25, 0.3) is 0 Å². The Morgan fingerprint density at radius 2 is 2.23 bits per heavy atom. The number of esters is 2. The van der Waals surface area contributed by atoms with Crippen LogP contribution in [-0.4, -0.2) is 11.9 Å². The maximum Gasteiger partial charge on any atom is 0.320 e. The highest BCUT2D eigenvalue weighted by atomic mass is 16.6. The lowest BCUT2D eigenvalue weighted by atomic mass is 9.72. The zero-order chi connectivity index (χ0) is 9.22. The van der Waals surface area contributed by atoms with Crippen LogP contribution in [0.1, 0.15) is 13.3 Å². The van der Waals surface area contributed by atoms with Gasteiger partial charge in [-0.05, 0) is 25.2 Å². The molecule has 13 heavy (non-hydrogen) atoms. The number of fused-ring (bicyclic) bond motifs is 5. The lowest BCUT2D eigenvalue weighted by Crippen LogP contribution is -2.34.